The van der Waals surface area contributed by atoms with E-state index in [-0.39, 0.29) is 24.0 Å². The number of esters is 1. The minimum atomic E-state index is -0.379. The van der Waals surface area contributed by atoms with Crippen molar-refractivity contribution < 1.29 is 14.3 Å². The Morgan fingerprint density at radius 1 is 1.17 bits per heavy atom. The first-order valence-electron chi connectivity index (χ1n) is 9.06. The quantitative estimate of drug-likeness (QED) is 0.348. The van der Waals surface area contributed by atoms with Gasteiger partial charge in [0.2, 0.25) is 0 Å². The van der Waals surface area contributed by atoms with Crippen LogP contribution in [0.5, 0.6) is 5.75 Å². The number of nitrogens with two attached hydrogens (primary N) is 1. The van der Waals surface area contributed by atoms with Gasteiger partial charge in [0, 0.05) is 5.75 Å². The molecule has 3 aromatic rings. The van der Waals surface area contributed by atoms with Crippen molar-refractivity contribution in [2.24, 2.45) is 0 Å². The fourth-order valence-electron chi connectivity index (χ4n) is 2.66. The van der Waals surface area contributed by atoms with Crippen LogP contribution in [0.3, 0.4) is 0 Å². The Kier molecular flexibility index (Phi) is 6.88. The maximum absolute atomic E-state index is 11.5. The van der Waals surface area contributed by atoms with Crippen LogP contribution in [0.25, 0.3) is 0 Å². The molecule has 0 unspecified atom stereocenters. The summed E-state index contributed by atoms with van der Waals surface area (Å²) in [6.45, 7) is 2.06. The number of aromatic nitrogens is 2. The molecule has 152 valence electrons. The maximum atomic E-state index is 11.5. The number of hydrogen-bond acceptors (Lipinski definition) is 8. The number of methoxy groups -OCH3 is 1. The van der Waals surface area contributed by atoms with Crippen molar-refractivity contribution in [2.45, 2.75) is 24.4 Å². The van der Waals surface area contributed by atoms with Crippen molar-refractivity contribution in [3.8, 4) is 11.8 Å². The number of carbonyl (C=O) groups excluding carboxylic acids is 1. The number of aryl methyl sites for hydroxylation is 1. The lowest BCUT2D eigenvalue weighted by molar-refractivity contribution is 0.0600. The number of benzene rings is 2. The number of nitriles is 1. The summed E-state index contributed by atoms with van der Waals surface area (Å²) in [4.78, 5) is 20.2. The lowest BCUT2D eigenvalue weighted by Crippen LogP contribution is -2.08. The highest BCUT2D eigenvalue weighted by atomic mass is 32.2. The molecule has 2 N–H and O–H groups in total. The van der Waals surface area contributed by atoms with Crippen LogP contribution in [0.2, 0.25) is 0 Å². The second kappa shape index (κ2) is 9.76. The van der Waals surface area contributed by atoms with E-state index in [2.05, 4.69) is 16.0 Å². The Morgan fingerprint density at radius 2 is 1.90 bits per heavy atom. The van der Waals surface area contributed by atoms with E-state index in [1.54, 1.807) is 12.1 Å². The predicted molar refractivity (Wildman–Crippen MR) is 114 cm³/mol. The van der Waals surface area contributed by atoms with Crippen molar-refractivity contribution in [1.29, 1.82) is 5.26 Å². The molecule has 2 aromatic carbocycles. The number of hydrogen-bond donors (Lipinski definition) is 1. The number of thioether (sulfide) groups is 1. The van der Waals surface area contributed by atoms with E-state index in [1.807, 2.05) is 43.3 Å². The number of para-hydroxylation sites is 1. The molecule has 0 saturated carbocycles. The average Bonchev–Trinajstić information content (AvgIpc) is 2.76. The first kappa shape index (κ1) is 21.1. The molecule has 0 aliphatic carbocycles. The number of carbonyl (C=O) groups is 1. The van der Waals surface area contributed by atoms with E-state index in [0.29, 0.717) is 22.2 Å². The summed E-state index contributed by atoms with van der Waals surface area (Å²) in [6, 6.07) is 16.8. The lowest BCUT2D eigenvalue weighted by atomic mass is 10.1. The first-order chi connectivity index (χ1) is 14.5. The Hall–Kier alpha value is -3.57. The van der Waals surface area contributed by atoms with Gasteiger partial charge in [-0.3, -0.25) is 0 Å². The van der Waals surface area contributed by atoms with Crippen molar-refractivity contribution in [3.63, 3.8) is 0 Å². The van der Waals surface area contributed by atoms with Gasteiger partial charge in [-0.15, -0.1) is 0 Å². The van der Waals surface area contributed by atoms with Gasteiger partial charge in [0.05, 0.1) is 12.7 Å². The van der Waals surface area contributed by atoms with Crippen LogP contribution >= 0.6 is 11.8 Å². The summed E-state index contributed by atoms with van der Waals surface area (Å²) in [6.07, 6.45) is 0. The standard InChI is InChI=1S/C22H20N4O3S/c1-14-5-3-4-6-19(14)29-12-18-17(11-23)20(24)26-22(25-18)30-13-15-7-9-16(10-8-15)21(27)28-2/h3-10H,12-13H2,1-2H3,(H2,24,25,26). The van der Waals surface area contributed by atoms with E-state index in [0.717, 1.165) is 16.9 Å². The van der Waals surface area contributed by atoms with Gasteiger partial charge in [0.15, 0.2) is 5.16 Å². The molecule has 0 radical (unpaired) electrons. The van der Waals surface area contributed by atoms with Crippen LogP contribution in [0.15, 0.2) is 53.7 Å². The Balaban J connectivity index is 1.73. The molecule has 1 aromatic heterocycles. The third-order valence-electron chi connectivity index (χ3n) is 4.30. The minimum absolute atomic E-state index is 0.113. The molecule has 30 heavy (non-hydrogen) atoms. The molecule has 0 spiro atoms. The first-order valence-corrected chi connectivity index (χ1v) is 10.1. The van der Waals surface area contributed by atoms with Crippen LogP contribution in [0.4, 0.5) is 5.82 Å². The summed E-state index contributed by atoms with van der Waals surface area (Å²) in [5, 5.41) is 9.88. The summed E-state index contributed by atoms with van der Waals surface area (Å²) in [5.74, 6) is 1.04. The summed E-state index contributed by atoms with van der Waals surface area (Å²) in [7, 11) is 1.35. The second-order valence-electron chi connectivity index (χ2n) is 6.36. The smallest absolute Gasteiger partial charge is 0.337 e. The van der Waals surface area contributed by atoms with E-state index in [4.69, 9.17) is 15.2 Å². The normalized spacial score (nSPS) is 10.3. The van der Waals surface area contributed by atoms with Crippen molar-refractivity contribution in [3.05, 3.63) is 76.5 Å². The van der Waals surface area contributed by atoms with E-state index in [1.165, 1.54) is 18.9 Å². The minimum Gasteiger partial charge on any atom is -0.487 e. The molecule has 0 bridgehead atoms. The molecule has 0 amide bonds. The molecule has 0 fully saturated rings. The Morgan fingerprint density at radius 3 is 2.57 bits per heavy atom. The fourth-order valence-corrected chi connectivity index (χ4v) is 3.49. The van der Waals surface area contributed by atoms with Gasteiger partial charge in [-0.05, 0) is 36.2 Å². The van der Waals surface area contributed by atoms with Gasteiger partial charge in [0.25, 0.3) is 0 Å². The zero-order chi connectivity index (χ0) is 21.5. The third kappa shape index (κ3) is 5.07. The third-order valence-corrected chi connectivity index (χ3v) is 5.22. The molecule has 3 rings (SSSR count). The van der Waals surface area contributed by atoms with Crippen LogP contribution < -0.4 is 10.5 Å². The highest BCUT2D eigenvalue weighted by Crippen LogP contribution is 2.25. The molecule has 0 atom stereocenters. The topological polar surface area (TPSA) is 111 Å². The zero-order valence-electron chi connectivity index (χ0n) is 16.6. The average molecular weight is 420 g/mol. The molecule has 0 aliphatic rings. The van der Waals surface area contributed by atoms with Crippen molar-refractivity contribution in [1.82, 2.24) is 9.97 Å². The van der Waals surface area contributed by atoms with Gasteiger partial charge in [-0.1, -0.05) is 42.1 Å². The molecule has 8 heteroatoms. The van der Waals surface area contributed by atoms with Crippen LogP contribution in [-0.4, -0.2) is 23.0 Å². The van der Waals surface area contributed by atoms with Crippen molar-refractivity contribution >= 4 is 23.5 Å². The molecule has 7 nitrogen and oxygen atoms in total. The summed E-state index contributed by atoms with van der Waals surface area (Å²) >= 11 is 1.38. The zero-order valence-corrected chi connectivity index (χ0v) is 17.4. The fraction of sp³-hybridized carbons (Fsp3) is 0.182. The summed E-state index contributed by atoms with van der Waals surface area (Å²) < 4.78 is 10.5. The highest BCUT2D eigenvalue weighted by Gasteiger charge is 2.14. The molecule has 0 aliphatic heterocycles. The van der Waals surface area contributed by atoms with E-state index in [9.17, 15) is 10.1 Å². The molecule has 1 heterocycles. The van der Waals surface area contributed by atoms with Crippen LogP contribution in [0.1, 0.15) is 32.7 Å². The number of rotatable bonds is 7. The SMILES string of the molecule is COC(=O)c1ccc(CSc2nc(N)c(C#N)c(COc3ccccc3C)n2)cc1. The van der Waals surface area contributed by atoms with E-state index >= 15 is 0 Å². The Labute approximate surface area is 178 Å². The van der Waals surface area contributed by atoms with Gasteiger partial charge >= 0.3 is 5.97 Å². The Bertz CT molecular complexity index is 1090. The lowest BCUT2D eigenvalue weighted by Gasteiger charge is -2.11. The monoisotopic (exact) mass is 420 g/mol. The molecular weight excluding hydrogens is 400 g/mol. The highest BCUT2D eigenvalue weighted by molar-refractivity contribution is 7.98. The molecular formula is C22H20N4O3S. The number of ether oxygens (including phenoxy) is 2. The number of anilines is 1. The number of nitrogen functional groups attached to an aromatic ring is 1. The largest absolute Gasteiger partial charge is 0.487 e. The predicted octanol–water partition coefficient (Wildman–Crippen LogP) is 3.90. The van der Waals surface area contributed by atoms with E-state index < -0.39 is 0 Å². The van der Waals surface area contributed by atoms with Crippen molar-refractivity contribution in [2.75, 3.05) is 12.8 Å². The molecule has 0 saturated heterocycles. The van der Waals surface area contributed by atoms with Gasteiger partial charge < -0.3 is 15.2 Å². The number of nitrogens with zero attached hydrogens (tertiary/aromatic N) is 3. The van der Waals surface area contributed by atoms with Gasteiger partial charge in [-0.25, -0.2) is 14.8 Å². The van der Waals surface area contributed by atoms with Crippen LogP contribution in [0, 0.1) is 18.3 Å². The maximum Gasteiger partial charge on any atom is 0.337 e. The van der Waals surface area contributed by atoms with Gasteiger partial charge in [0.1, 0.15) is 35.5 Å². The van der Waals surface area contributed by atoms with Gasteiger partial charge in [-0.2, -0.15) is 5.26 Å². The second-order valence-corrected chi connectivity index (χ2v) is 7.30. The van der Waals surface area contributed by atoms with Crippen LogP contribution in [-0.2, 0) is 17.1 Å². The summed E-state index contributed by atoms with van der Waals surface area (Å²) in [5.41, 5.74) is 9.09.